The number of aliphatic hydroxyl groups is 1. The summed E-state index contributed by atoms with van der Waals surface area (Å²) in [6, 6.07) is 4.51. The van der Waals surface area contributed by atoms with Crippen LogP contribution in [0, 0.1) is 5.82 Å². The number of hydrogen-bond acceptors (Lipinski definition) is 4. The first kappa shape index (κ1) is 12.1. The highest BCUT2D eigenvalue weighted by atomic mass is 79.9. The van der Waals surface area contributed by atoms with E-state index >= 15 is 0 Å². The predicted octanol–water partition coefficient (Wildman–Crippen LogP) is 1.39. The maximum atomic E-state index is 13.6. The summed E-state index contributed by atoms with van der Waals surface area (Å²) in [5.41, 5.74) is 0.223. The predicted molar refractivity (Wildman–Crippen MR) is 61.6 cm³/mol. The lowest BCUT2D eigenvalue weighted by atomic mass is 10.1. The molecule has 0 aliphatic heterocycles. The Balaban J connectivity index is 2.17. The van der Waals surface area contributed by atoms with Crippen molar-refractivity contribution in [1.29, 1.82) is 0 Å². The fourth-order valence-electron chi connectivity index (χ4n) is 1.46. The molecule has 1 atom stereocenters. The van der Waals surface area contributed by atoms with Crippen molar-refractivity contribution >= 4 is 15.9 Å². The standard InChI is InChI=1S/C10H10BrFN4O/c1-16-14-10(13-15-16)5-9(17)7-3-2-6(11)4-8(7)12/h2-4,9,17H,5H2,1H3. The summed E-state index contributed by atoms with van der Waals surface area (Å²) in [5.74, 6) is -0.0851. The Kier molecular flexibility index (Phi) is 3.49. The van der Waals surface area contributed by atoms with Crippen LogP contribution in [0.3, 0.4) is 0 Å². The zero-order valence-electron chi connectivity index (χ0n) is 9.01. The molecule has 1 aromatic heterocycles. The van der Waals surface area contributed by atoms with E-state index in [2.05, 4.69) is 31.3 Å². The summed E-state index contributed by atoms with van der Waals surface area (Å²) in [5, 5.41) is 21.2. The van der Waals surface area contributed by atoms with Crippen molar-refractivity contribution in [3.8, 4) is 0 Å². The van der Waals surface area contributed by atoms with Gasteiger partial charge in [-0.3, -0.25) is 0 Å². The van der Waals surface area contributed by atoms with E-state index in [0.717, 1.165) is 0 Å². The molecule has 0 amide bonds. The highest BCUT2D eigenvalue weighted by Crippen LogP contribution is 2.22. The van der Waals surface area contributed by atoms with Crippen LogP contribution in [0.15, 0.2) is 22.7 Å². The molecule has 90 valence electrons. The third-order valence-electron chi connectivity index (χ3n) is 2.25. The van der Waals surface area contributed by atoms with Gasteiger partial charge in [0, 0.05) is 16.5 Å². The molecule has 1 heterocycles. The number of halogens is 2. The Hall–Kier alpha value is -1.34. The van der Waals surface area contributed by atoms with E-state index in [1.165, 1.54) is 16.9 Å². The van der Waals surface area contributed by atoms with Gasteiger partial charge in [0.15, 0.2) is 5.82 Å². The van der Waals surface area contributed by atoms with Gasteiger partial charge in [-0.1, -0.05) is 22.0 Å². The molecule has 1 aromatic carbocycles. The molecule has 0 saturated heterocycles. The second kappa shape index (κ2) is 4.89. The fourth-order valence-corrected chi connectivity index (χ4v) is 1.79. The second-order valence-corrected chi connectivity index (χ2v) is 4.50. The first-order valence-electron chi connectivity index (χ1n) is 4.92. The smallest absolute Gasteiger partial charge is 0.177 e. The molecule has 0 aliphatic carbocycles. The average Bonchev–Trinajstić information content (AvgIpc) is 2.63. The minimum Gasteiger partial charge on any atom is -0.388 e. The molecule has 7 heteroatoms. The van der Waals surface area contributed by atoms with E-state index in [9.17, 15) is 9.50 Å². The van der Waals surface area contributed by atoms with Gasteiger partial charge in [-0.05, 0) is 17.3 Å². The third-order valence-corrected chi connectivity index (χ3v) is 2.74. The van der Waals surface area contributed by atoms with Gasteiger partial charge in [0.2, 0.25) is 0 Å². The second-order valence-electron chi connectivity index (χ2n) is 3.58. The number of tetrazole rings is 1. The number of aromatic nitrogens is 4. The maximum absolute atomic E-state index is 13.6. The quantitative estimate of drug-likeness (QED) is 0.930. The molecular formula is C10H10BrFN4O. The number of nitrogens with zero attached hydrogens (tertiary/aromatic N) is 4. The van der Waals surface area contributed by atoms with Crippen LogP contribution in [0.2, 0.25) is 0 Å². The van der Waals surface area contributed by atoms with Crippen molar-refractivity contribution in [1.82, 2.24) is 20.2 Å². The molecule has 2 aromatic rings. The molecule has 0 spiro atoms. The fraction of sp³-hybridized carbons (Fsp3) is 0.300. The van der Waals surface area contributed by atoms with Crippen LogP contribution >= 0.6 is 15.9 Å². The first-order valence-corrected chi connectivity index (χ1v) is 5.71. The molecule has 2 rings (SSSR count). The van der Waals surface area contributed by atoms with Gasteiger partial charge in [-0.2, -0.15) is 4.80 Å². The Morgan fingerprint density at radius 2 is 2.29 bits per heavy atom. The van der Waals surface area contributed by atoms with Gasteiger partial charge < -0.3 is 5.11 Å². The summed E-state index contributed by atoms with van der Waals surface area (Å²) < 4.78 is 14.2. The van der Waals surface area contributed by atoms with Crippen molar-refractivity contribution in [2.45, 2.75) is 12.5 Å². The van der Waals surface area contributed by atoms with Gasteiger partial charge >= 0.3 is 0 Å². The minimum absolute atomic E-state index is 0.131. The SMILES string of the molecule is Cn1nnc(CC(O)c2ccc(Br)cc2F)n1. The van der Waals surface area contributed by atoms with Crippen molar-refractivity contribution in [3.63, 3.8) is 0 Å². The van der Waals surface area contributed by atoms with Crippen LogP contribution < -0.4 is 0 Å². The van der Waals surface area contributed by atoms with E-state index < -0.39 is 11.9 Å². The van der Waals surface area contributed by atoms with E-state index in [1.54, 1.807) is 13.1 Å². The summed E-state index contributed by atoms with van der Waals surface area (Å²) in [6.45, 7) is 0. The van der Waals surface area contributed by atoms with Gasteiger partial charge in [0.05, 0.1) is 13.2 Å². The van der Waals surface area contributed by atoms with Crippen LogP contribution in [-0.4, -0.2) is 25.3 Å². The maximum Gasteiger partial charge on any atom is 0.177 e. The van der Waals surface area contributed by atoms with E-state index in [0.29, 0.717) is 10.3 Å². The zero-order chi connectivity index (χ0) is 12.4. The van der Waals surface area contributed by atoms with Crippen LogP contribution in [0.5, 0.6) is 0 Å². The number of benzene rings is 1. The summed E-state index contributed by atoms with van der Waals surface area (Å²) in [4.78, 5) is 1.29. The molecule has 1 unspecified atom stereocenters. The Morgan fingerprint density at radius 3 is 2.88 bits per heavy atom. The summed E-state index contributed by atoms with van der Waals surface area (Å²) >= 11 is 3.16. The molecule has 0 aliphatic rings. The average molecular weight is 301 g/mol. The lowest BCUT2D eigenvalue weighted by Gasteiger charge is -2.09. The minimum atomic E-state index is -0.979. The van der Waals surface area contributed by atoms with Gasteiger partial charge in [-0.15, -0.1) is 10.2 Å². The van der Waals surface area contributed by atoms with Crippen LogP contribution in [-0.2, 0) is 13.5 Å². The molecule has 0 radical (unpaired) electrons. The Morgan fingerprint density at radius 1 is 1.53 bits per heavy atom. The van der Waals surface area contributed by atoms with Crippen molar-refractivity contribution in [3.05, 3.63) is 39.9 Å². The number of rotatable bonds is 3. The van der Waals surface area contributed by atoms with Gasteiger partial charge in [0.25, 0.3) is 0 Å². The Labute approximate surface area is 105 Å². The summed E-state index contributed by atoms with van der Waals surface area (Å²) in [6.07, 6.45) is -0.848. The summed E-state index contributed by atoms with van der Waals surface area (Å²) in [7, 11) is 1.63. The normalized spacial score (nSPS) is 12.7. The first-order chi connectivity index (χ1) is 8.06. The molecule has 5 nitrogen and oxygen atoms in total. The molecule has 0 bridgehead atoms. The Bertz CT molecular complexity index is 531. The molecule has 0 saturated carbocycles. The van der Waals surface area contributed by atoms with E-state index in [1.807, 2.05) is 0 Å². The zero-order valence-corrected chi connectivity index (χ0v) is 10.6. The third kappa shape index (κ3) is 2.86. The number of aliphatic hydroxyl groups excluding tert-OH is 1. The number of hydrogen-bond donors (Lipinski definition) is 1. The van der Waals surface area contributed by atoms with Crippen molar-refractivity contribution in [2.75, 3.05) is 0 Å². The number of aryl methyl sites for hydroxylation is 1. The molecular weight excluding hydrogens is 291 g/mol. The molecule has 1 N–H and O–H groups in total. The van der Waals surface area contributed by atoms with E-state index in [4.69, 9.17) is 0 Å². The highest BCUT2D eigenvalue weighted by molar-refractivity contribution is 9.10. The van der Waals surface area contributed by atoms with Crippen molar-refractivity contribution < 1.29 is 9.50 Å². The lowest BCUT2D eigenvalue weighted by molar-refractivity contribution is 0.171. The highest BCUT2D eigenvalue weighted by Gasteiger charge is 2.16. The van der Waals surface area contributed by atoms with E-state index in [-0.39, 0.29) is 12.0 Å². The monoisotopic (exact) mass is 300 g/mol. The van der Waals surface area contributed by atoms with Crippen LogP contribution in [0.1, 0.15) is 17.5 Å². The molecule has 17 heavy (non-hydrogen) atoms. The largest absolute Gasteiger partial charge is 0.388 e. The van der Waals surface area contributed by atoms with Gasteiger partial charge in [0.1, 0.15) is 5.82 Å². The van der Waals surface area contributed by atoms with Gasteiger partial charge in [-0.25, -0.2) is 4.39 Å². The van der Waals surface area contributed by atoms with Crippen molar-refractivity contribution in [2.24, 2.45) is 7.05 Å². The molecule has 0 fully saturated rings. The lowest BCUT2D eigenvalue weighted by Crippen LogP contribution is -2.06. The topological polar surface area (TPSA) is 63.8 Å². The van der Waals surface area contributed by atoms with Crippen LogP contribution in [0.25, 0.3) is 0 Å². The van der Waals surface area contributed by atoms with Crippen LogP contribution in [0.4, 0.5) is 4.39 Å².